The van der Waals surface area contributed by atoms with Crippen molar-refractivity contribution in [2.24, 2.45) is 0 Å². The minimum Gasteiger partial charge on any atom is -0.353 e. The fourth-order valence-corrected chi connectivity index (χ4v) is 3.87. The number of fused-ring (bicyclic) bond motifs is 2. The van der Waals surface area contributed by atoms with Gasteiger partial charge in [-0.3, -0.25) is 4.98 Å². The van der Waals surface area contributed by atoms with E-state index >= 15 is 0 Å². The van der Waals surface area contributed by atoms with E-state index in [-0.39, 0.29) is 0 Å². The summed E-state index contributed by atoms with van der Waals surface area (Å²) in [6.07, 6.45) is 9.89. The molecule has 3 aromatic heterocycles. The molecule has 7 nitrogen and oxygen atoms in total. The normalized spacial score (nSPS) is 17.0. The molecule has 0 amide bonds. The molecule has 2 aliphatic rings. The third-order valence-electron chi connectivity index (χ3n) is 5.54. The Morgan fingerprint density at radius 3 is 2.92 bits per heavy atom. The molecular weight excluding hydrogens is 326 g/mol. The number of pyridine rings is 1. The van der Waals surface area contributed by atoms with E-state index in [1.165, 1.54) is 24.1 Å². The van der Waals surface area contributed by atoms with E-state index in [9.17, 15) is 0 Å². The predicted octanol–water partition coefficient (Wildman–Crippen LogP) is 2.02. The van der Waals surface area contributed by atoms with Gasteiger partial charge in [-0.15, -0.1) is 5.10 Å². The molecule has 0 unspecified atom stereocenters. The largest absolute Gasteiger partial charge is 0.353 e. The van der Waals surface area contributed by atoms with Gasteiger partial charge in [-0.2, -0.15) is 5.10 Å². The topological polar surface area (TPSA) is 70.9 Å². The molecule has 3 aromatic rings. The molecule has 1 aliphatic heterocycles. The number of rotatable bonds is 3. The molecule has 0 radical (unpaired) electrons. The first-order chi connectivity index (χ1) is 12.8. The number of hydrogen-bond acceptors (Lipinski definition) is 7. The average molecular weight is 347 g/mol. The van der Waals surface area contributed by atoms with Gasteiger partial charge < -0.3 is 9.80 Å². The van der Waals surface area contributed by atoms with Crippen LogP contribution in [0.15, 0.2) is 30.9 Å². The number of anilines is 2. The molecule has 4 heterocycles. The van der Waals surface area contributed by atoms with Crippen molar-refractivity contribution in [1.29, 1.82) is 0 Å². The summed E-state index contributed by atoms with van der Waals surface area (Å²) in [4.78, 5) is 17.5. The van der Waals surface area contributed by atoms with Crippen molar-refractivity contribution < 1.29 is 0 Å². The number of aryl methyl sites for hydroxylation is 2. The zero-order chi connectivity index (χ0) is 17.5. The number of hydrogen-bond donors (Lipinski definition) is 0. The van der Waals surface area contributed by atoms with Crippen molar-refractivity contribution in [3.8, 4) is 0 Å². The Morgan fingerprint density at radius 1 is 1.12 bits per heavy atom. The van der Waals surface area contributed by atoms with E-state index in [1.54, 1.807) is 18.7 Å². The molecule has 1 fully saturated rings. The lowest BCUT2D eigenvalue weighted by molar-refractivity contribution is 0.487. The maximum Gasteiger partial charge on any atom is 0.151 e. The van der Waals surface area contributed by atoms with Crippen molar-refractivity contribution in [2.45, 2.75) is 31.7 Å². The highest BCUT2D eigenvalue weighted by Gasteiger charge is 2.33. The number of likely N-dealkylation sites (N-methyl/N-ethyl adjacent to an activating group) is 1. The lowest BCUT2D eigenvalue weighted by atomic mass is 9.96. The third kappa shape index (κ3) is 2.55. The van der Waals surface area contributed by atoms with Crippen LogP contribution in [0.5, 0.6) is 0 Å². The molecule has 0 N–H and O–H groups in total. The van der Waals surface area contributed by atoms with Crippen LogP contribution in [0.25, 0.3) is 10.9 Å². The van der Waals surface area contributed by atoms with Crippen molar-refractivity contribution in [1.82, 2.24) is 25.1 Å². The van der Waals surface area contributed by atoms with Gasteiger partial charge in [0.15, 0.2) is 5.82 Å². The Labute approximate surface area is 152 Å². The van der Waals surface area contributed by atoms with Crippen LogP contribution < -0.4 is 9.80 Å². The molecule has 0 bridgehead atoms. The van der Waals surface area contributed by atoms with Gasteiger partial charge in [-0.1, -0.05) is 0 Å². The molecule has 0 atom stereocenters. The second-order valence-electron chi connectivity index (χ2n) is 7.14. The van der Waals surface area contributed by atoms with Crippen LogP contribution in [0.1, 0.15) is 24.1 Å². The van der Waals surface area contributed by atoms with Crippen molar-refractivity contribution >= 4 is 22.5 Å². The molecular formula is C19H21N7. The van der Waals surface area contributed by atoms with Crippen LogP contribution in [0.2, 0.25) is 0 Å². The van der Waals surface area contributed by atoms with E-state index in [2.05, 4.69) is 48.1 Å². The van der Waals surface area contributed by atoms with Crippen LogP contribution >= 0.6 is 0 Å². The standard InChI is InChI=1S/C19H21N7/c1-25(19-15-6-7-20-9-17(15)21-12-22-19)14-10-26(11-14)18-8-13-4-2-3-5-16(13)23-24-18/h6-9,12,14H,2-5,10-11H2,1H3. The predicted molar refractivity (Wildman–Crippen MR) is 100 cm³/mol. The van der Waals surface area contributed by atoms with Crippen LogP contribution in [-0.4, -0.2) is 51.3 Å². The fraction of sp³-hybridized carbons (Fsp3) is 0.421. The molecule has 5 rings (SSSR count). The van der Waals surface area contributed by atoms with Gasteiger partial charge >= 0.3 is 0 Å². The van der Waals surface area contributed by atoms with E-state index < -0.39 is 0 Å². The minimum atomic E-state index is 0.402. The quantitative estimate of drug-likeness (QED) is 0.718. The molecule has 0 saturated carbocycles. The summed E-state index contributed by atoms with van der Waals surface area (Å²) in [6, 6.07) is 4.62. The van der Waals surface area contributed by atoms with E-state index in [1.807, 2.05) is 6.07 Å². The Morgan fingerprint density at radius 2 is 2.00 bits per heavy atom. The number of aromatic nitrogens is 5. The Hall–Kier alpha value is -2.83. The van der Waals surface area contributed by atoms with Gasteiger partial charge in [0.1, 0.15) is 12.1 Å². The Bertz CT molecular complexity index is 946. The molecule has 0 aromatic carbocycles. The first-order valence-corrected chi connectivity index (χ1v) is 9.17. The zero-order valence-corrected chi connectivity index (χ0v) is 14.8. The maximum absolute atomic E-state index is 4.51. The first kappa shape index (κ1) is 15.4. The van der Waals surface area contributed by atoms with Gasteiger partial charge in [0.25, 0.3) is 0 Å². The lowest BCUT2D eigenvalue weighted by Crippen LogP contribution is -2.59. The summed E-state index contributed by atoms with van der Waals surface area (Å²) in [6.45, 7) is 1.86. The van der Waals surface area contributed by atoms with E-state index in [0.717, 1.165) is 48.5 Å². The highest BCUT2D eigenvalue weighted by molar-refractivity contribution is 5.88. The van der Waals surface area contributed by atoms with E-state index in [0.29, 0.717) is 6.04 Å². The summed E-state index contributed by atoms with van der Waals surface area (Å²) in [5.74, 6) is 1.96. The van der Waals surface area contributed by atoms with Gasteiger partial charge in [0, 0.05) is 31.7 Å². The van der Waals surface area contributed by atoms with Crippen LogP contribution in [0, 0.1) is 0 Å². The first-order valence-electron chi connectivity index (χ1n) is 9.17. The molecule has 1 saturated heterocycles. The second-order valence-corrected chi connectivity index (χ2v) is 7.14. The Balaban J connectivity index is 1.33. The van der Waals surface area contributed by atoms with Crippen molar-refractivity contribution in [2.75, 3.05) is 29.9 Å². The van der Waals surface area contributed by atoms with Crippen LogP contribution in [0.3, 0.4) is 0 Å². The van der Waals surface area contributed by atoms with Gasteiger partial charge in [-0.05, 0) is 43.4 Å². The van der Waals surface area contributed by atoms with Crippen molar-refractivity contribution in [3.63, 3.8) is 0 Å². The lowest BCUT2D eigenvalue weighted by Gasteiger charge is -2.45. The molecule has 7 heteroatoms. The summed E-state index contributed by atoms with van der Waals surface area (Å²) < 4.78 is 0. The van der Waals surface area contributed by atoms with Crippen LogP contribution in [-0.2, 0) is 12.8 Å². The van der Waals surface area contributed by atoms with Crippen molar-refractivity contribution in [3.05, 3.63) is 42.1 Å². The molecule has 26 heavy (non-hydrogen) atoms. The fourth-order valence-electron chi connectivity index (χ4n) is 3.87. The average Bonchev–Trinajstić information content (AvgIpc) is 2.66. The second kappa shape index (κ2) is 6.16. The highest BCUT2D eigenvalue weighted by Crippen LogP contribution is 2.29. The van der Waals surface area contributed by atoms with Crippen LogP contribution in [0.4, 0.5) is 11.6 Å². The highest BCUT2D eigenvalue weighted by atomic mass is 15.4. The summed E-state index contributed by atoms with van der Waals surface area (Å²) >= 11 is 0. The smallest absolute Gasteiger partial charge is 0.151 e. The SMILES string of the molecule is CN(c1ncnc2cnccc12)C1CN(c2cc3c(nn2)CCCC3)C1. The zero-order valence-electron chi connectivity index (χ0n) is 14.8. The van der Waals surface area contributed by atoms with Gasteiger partial charge in [-0.25, -0.2) is 9.97 Å². The summed E-state index contributed by atoms with van der Waals surface area (Å²) in [5, 5.41) is 9.95. The minimum absolute atomic E-state index is 0.402. The number of nitrogens with zero attached hydrogens (tertiary/aromatic N) is 7. The third-order valence-corrected chi connectivity index (χ3v) is 5.54. The summed E-state index contributed by atoms with van der Waals surface area (Å²) in [7, 11) is 2.10. The summed E-state index contributed by atoms with van der Waals surface area (Å²) in [5.41, 5.74) is 3.45. The molecule has 1 aliphatic carbocycles. The Kier molecular flexibility index (Phi) is 3.65. The van der Waals surface area contributed by atoms with Gasteiger partial charge in [0.05, 0.1) is 23.4 Å². The molecule has 132 valence electrons. The maximum atomic E-state index is 4.51. The van der Waals surface area contributed by atoms with E-state index in [4.69, 9.17) is 0 Å². The van der Waals surface area contributed by atoms with Gasteiger partial charge in [0.2, 0.25) is 0 Å². The monoisotopic (exact) mass is 347 g/mol. The molecule has 0 spiro atoms.